The maximum atomic E-state index is 11.4. The van der Waals surface area contributed by atoms with Gasteiger partial charge >= 0.3 is 0 Å². The fraction of sp³-hybridized carbons (Fsp3) is 0.650. The Labute approximate surface area is 187 Å². The van der Waals surface area contributed by atoms with Gasteiger partial charge in [0.1, 0.15) is 0 Å². The second-order valence-electron chi connectivity index (χ2n) is 7.32. The van der Waals surface area contributed by atoms with Crippen molar-refractivity contribution < 1.29 is 13.2 Å². The Bertz CT molecular complexity index is 702. The van der Waals surface area contributed by atoms with Gasteiger partial charge in [-0.2, -0.15) is 0 Å². The summed E-state index contributed by atoms with van der Waals surface area (Å²) in [6, 6.07) is 7.65. The number of nitrogens with one attached hydrogen (secondary N) is 1. The number of benzene rings is 1. The van der Waals surface area contributed by atoms with Crippen LogP contribution < -0.4 is 5.32 Å². The minimum atomic E-state index is -3.00. The molecule has 0 aromatic heterocycles. The second kappa shape index (κ2) is 12.6. The molecular weight excluding hydrogens is 489 g/mol. The van der Waals surface area contributed by atoms with Crippen LogP contribution in [0.4, 0.5) is 0 Å². The van der Waals surface area contributed by atoms with Crippen LogP contribution >= 0.6 is 24.0 Å². The van der Waals surface area contributed by atoms with Crippen LogP contribution in [0.15, 0.2) is 29.3 Å². The van der Waals surface area contributed by atoms with E-state index in [1.807, 2.05) is 24.3 Å². The van der Waals surface area contributed by atoms with E-state index in [4.69, 9.17) is 9.73 Å². The summed E-state index contributed by atoms with van der Waals surface area (Å²) in [5.74, 6) is 1.73. The van der Waals surface area contributed by atoms with E-state index in [1.165, 1.54) is 6.26 Å². The van der Waals surface area contributed by atoms with E-state index in [0.717, 1.165) is 68.6 Å². The first-order valence-electron chi connectivity index (χ1n) is 9.70. The van der Waals surface area contributed by atoms with E-state index in [9.17, 15) is 8.42 Å². The molecule has 1 N–H and O–H groups in total. The zero-order valence-corrected chi connectivity index (χ0v) is 20.3. The summed E-state index contributed by atoms with van der Waals surface area (Å²) in [6.07, 6.45) is 4.72. The highest BCUT2D eigenvalue weighted by Gasteiger charge is 2.15. The standard InChI is InChI=1S/C20H33N3O3S.HI/c1-4-21-20(23(2)12-9-17-10-13-26-14-11-17)22-15-18-5-7-19(8-6-18)16-27(3,24)25;/h5-8,17H,4,9-16H2,1-3H3,(H,21,22);1H. The van der Waals surface area contributed by atoms with Crippen molar-refractivity contribution in [3.63, 3.8) is 0 Å². The highest BCUT2D eigenvalue weighted by molar-refractivity contribution is 14.0. The third-order valence-corrected chi connectivity index (χ3v) is 5.63. The molecule has 0 atom stereocenters. The summed E-state index contributed by atoms with van der Waals surface area (Å²) in [5, 5.41) is 3.35. The summed E-state index contributed by atoms with van der Waals surface area (Å²) in [4.78, 5) is 6.93. The quantitative estimate of drug-likeness (QED) is 0.322. The predicted octanol–water partition coefficient (Wildman–Crippen LogP) is 3.06. The van der Waals surface area contributed by atoms with Gasteiger partial charge in [0.15, 0.2) is 15.8 Å². The number of sulfone groups is 1. The van der Waals surface area contributed by atoms with Crippen LogP contribution in [0.5, 0.6) is 0 Å². The van der Waals surface area contributed by atoms with Crippen LogP contribution in [-0.2, 0) is 26.9 Å². The monoisotopic (exact) mass is 523 g/mol. The highest BCUT2D eigenvalue weighted by atomic mass is 127. The van der Waals surface area contributed by atoms with E-state index < -0.39 is 9.84 Å². The molecule has 0 aliphatic carbocycles. The first-order valence-corrected chi connectivity index (χ1v) is 11.8. The van der Waals surface area contributed by atoms with Gasteiger partial charge in [-0.25, -0.2) is 13.4 Å². The molecule has 0 unspecified atom stereocenters. The largest absolute Gasteiger partial charge is 0.381 e. The molecule has 1 aliphatic rings. The lowest BCUT2D eigenvalue weighted by molar-refractivity contribution is 0.0625. The smallest absolute Gasteiger partial charge is 0.193 e. The average Bonchev–Trinajstić information content (AvgIpc) is 2.64. The molecule has 1 aromatic carbocycles. The summed E-state index contributed by atoms with van der Waals surface area (Å²) < 4.78 is 28.2. The zero-order chi connectivity index (χ0) is 19.7. The van der Waals surface area contributed by atoms with Crippen molar-refractivity contribution in [3.05, 3.63) is 35.4 Å². The molecule has 0 bridgehead atoms. The number of halogens is 1. The first-order chi connectivity index (χ1) is 12.9. The second-order valence-corrected chi connectivity index (χ2v) is 9.46. The minimum Gasteiger partial charge on any atom is -0.381 e. The summed E-state index contributed by atoms with van der Waals surface area (Å²) >= 11 is 0. The van der Waals surface area contributed by atoms with Gasteiger partial charge in [0.2, 0.25) is 0 Å². The van der Waals surface area contributed by atoms with Gasteiger partial charge in [0, 0.05) is 39.6 Å². The third kappa shape index (κ3) is 9.56. The molecule has 0 spiro atoms. The Morgan fingerprint density at radius 2 is 1.82 bits per heavy atom. The molecule has 1 aliphatic heterocycles. The molecule has 6 nitrogen and oxygen atoms in total. The van der Waals surface area contributed by atoms with E-state index in [1.54, 1.807) is 0 Å². The van der Waals surface area contributed by atoms with Crippen LogP contribution in [-0.4, -0.2) is 58.9 Å². The summed E-state index contributed by atoms with van der Waals surface area (Å²) in [6.45, 7) is 6.22. The Morgan fingerprint density at radius 3 is 2.39 bits per heavy atom. The van der Waals surface area contributed by atoms with Crippen LogP contribution in [0.1, 0.15) is 37.3 Å². The molecule has 1 fully saturated rings. The zero-order valence-electron chi connectivity index (χ0n) is 17.2. The Morgan fingerprint density at radius 1 is 1.21 bits per heavy atom. The van der Waals surface area contributed by atoms with Crippen molar-refractivity contribution in [2.45, 2.75) is 38.5 Å². The molecule has 1 heterocycles. The first kappa shape index (κ1) is 25.2. The van der Waals surface area contributed by atoms with Crippen molar-refractivity contribution in [3.8, 4) is 0 Å². The van der Waals surface area contributed by atoms with Crippen molar-refractivity contribution in [1.82, 2.24) is 10.2 Å². The van der Waals surface area contributed by atoms with Crippen molar-refractivity contribution in [2.75, 3.05) is 39.6 Å². The van der Waals surface area contributed by atoms with Gasteiger partial charge < -0.3 is 15.0 Å². The Hall–Kier alpha value is -0.870. The van der Waals surface area contributed by atoms with Crippen molar-refractivity contribution >= 4 is 39.8 Å². The fourth-order valence-corrected chi connectivity index (χ4v) is 3.99. The minimum absolute atomic E-state index is 0. The molecule has 1 saturated heterocycles. The number of guanidine groups is 1. The molecular formula is C20H34IN3O3S. The lowest BCUT2D eigenvalue weighted by Gasteiger charge is -2.26. The van der Waals surface area contributed by atoms with E-state index in [0.29, 0.717) is 6.54 Å². The lowest BCUT2D eigenvalue weighted by atomic mass is 9.96. The maximum absolute atomic E-state index is 11.4. The van der Waals surface area contributed by atoms with Crippen molar-refractivity contribution in [2.24, 2.45) is 10.9 Å². The molecule has 0 amide bonds. The van der Waals surface area contributed by atoms with Gasteiger partial charge in [-0.05, 0) is 43.2 Å². The molecule has 2 rings (SSSR count). The number of hydrogen-bond acceptors (Lipinski definition) is 4. The topological polar surface area (TPSA) is 71.0 Å². The summed E-state index contributed by atoms with van der Waals surface area (Å²) in [5.41, 5.74) is 1.88. The number of aliphatic imine (C=N–C) groups is 1. The van der Waals surface area contributed by atoms with Gasteiger partial charge in [-0.3, -0.25) is 0 Å². The Kier molecular flexibility index (Phi) is 11.4. The Balaban J connectivity index is 0.00000392. The van der Waals surface area contributed by atoms with Crippen LogP contribution in [0.2, 0.25) is 0 Å². The molecule has 160 valence electrons. The van der Waals surface area contributed by atoms with Gasteiger partial charge in [-0.1, -0.05) is 24.3 Å². The van der Waals surface area contributed by atoms with Gasteiger partial charge in [0.05, 0.1) is 12.3 Å². The van der Waals surface area contributed by atoms with E-state index in [-0.39, 0.29) is 29.7 Å². The van der Waals surface area contributed by atoms with Gasteiger partial charge in [0.25, 0.3) is 0 Å². The fourth-order valence-electron chi connectivity index (χ4n) is 3.20. The lowest BCUT2D eigenvalue weighted by Crippen LogP contribution is -2.40. The van der Waals surface area contributed by atoms with Crippen LogP contribution in [0.3, 0.4) is 0 Å². The SMILES string of the molecule is CCNC(=NCc1ccc(CS(C)(=O)=O)cc1)N(C)CCC1CCOCC1.I. The predicted molar refractivity (Wildman–Crippen MR) is 126 cm³/mol. The average molecular weight is 523 g/mol. The number of nitrogens with zero attached hydrogens (tertiary/aromatic N) is 2. The highest BCUT2D eigenvalue weighted by Crippen LogP contribution is 2.18. The number of rotatable bonds is 8. The molecule has 1 aromatic rings. The van der Waals surface area contributed by atoms with Crippen molar-refractivity contribution in [1.29, 1.82) is 0 Å². The normalized spacial score (nSPS) is 15.8. The van der Waals surface area contributed by atoms with Gasteiger partial charge in [-0.15, -0.1) is 24.0 Å². The summed E-state index contributed by atoms with van der Waals surface area (Å²) in [7, 11) is -0.923. The van der Waals surface area contributed by atoms with E-state index >= 15 is 0 Å². The molecule has 0 saturated carbocycles. The van der Waals surface area contributed by atoms with E-state index in [2.05, 4.69) is 24.2 Å². The number of ether oxygens (including phenoxy) is 1. The van der Waals surface area contributed by atoms with Crippen LogP contribution in [0.25, 0.3) is 0 Å². The van der Waals surface area contributed by atoms with Crippen LogP contribution in [0, 0.1) is 5.92 Å². The maximum Gasteiger partial charge on any atom is 0.193 e. The number of hydrogen-bond donors (Lipinski definition) is 1. The molecule has 8 heteroatoms. The third-order valence-electron chi connectivity index (χ3n) is 4.77. The molecule has 0 radical (unpaired) electrons. The molecule has 28 heavy (non-hydrogen) atoms.